The van der Waals surface area contributed by atoms with Crippen molar-refractivity contribution in [1.82, 2.24) is 20.1 Å². The van der Waals surface area contributed by atoms with Gasteiger partial charge in [-0.15, -0.1) is 12.6 Å². The summed E-state index contributed by atoms with van der Waals surface area (Å²) in [6.45, 7) is 0.257. The highest BCUT2D eigenvalue weighted by atomic mass is 35.5. The summed E-state index contributed by atoms with van der Waals surface area (Å²) in [5.41, 5.74) is 0.389. The highest BCUT2D eigenvalue weighted by Crippen LogP contribution is 2.19. The van der Waals surface area contributed by atoms with Gasteiger partial charge in [-0.05, 0) is 18.2 Å². The second-order valence-electron chi connectivity index (χ2n) is 3.68. The Kier molecular flexibility index (Phi) is 3.88. The minimum absolute atomic E-state index is 0.257. The molecule has 94 valence electrons. The van der Waals surface area contributed by atoms with Crippen LogP contribution < -0.4 is 5.32 Å². The van der Waals surface area contributed by atoms with E-state index in [2.05, 4.69) is 28.0 Å². The summed E-state index contributed by atoms with van der Waals surface area (Å²) in [7, 11) is 1.76. The number of aromatic nitrogens is 3. The lowest BCUT2D eigenvalue weighted by atomic mass is 10.2. The Bertz CT molecular complexity index is 584. The van der Waals surface area contributed by atoms with E-state index in [1.54, 1.807) is 36.3 Å². The van der Waals surface area contributed by atoms with Crippen molar-refractivity contribution in [2.24, 2.45) is 7.05 Å². The van der Waals surface area contributed by atoms with Gasteiger partial charge in [0.05, 0.1) is 17.1 Å². The van der Waals surface area contributed by atoms with Crippen molar-refractivity contribution < 1.29 is 4.79 Å². The SMILES string of the molecule is Cn1cnc(CNC(=O)c2cc(S)ccc2Cl)n1. The van der Waals surface area contributed by atoms with Crippen LogP contribution in [0.4, 0.5) is 0 Å². The van der Waals surface area contributed by atoms with Gasteiger partial charge in [-0.2, -0.15) is 5.10 Å². The summed E-state index contributed by atoms with van der Waals surface area (Å²) in [5, 5.41) is 7.15. The van der Waals surface area contributed by atoms with E-state index < -0.39 is 0 Å². The minimum atomic E-state index is -0.275. The molecule has 1 aromatic heterocycles. The Morgan fingerprint density at radius 1 is 1.56 bits per heavy atom. The van der Waals surface area contributed by atoms with Crippen molar-refractivity contribution in [3.8, 4) is 0 Å². The van der Waals surface area contributed by atoms with Gasteiger partial charge in [-0.25, -0.2) is 4.98 Å². The van der Waals surface area contributed by atoms with Gasteiger partial charge in [-0.3, -0.25) is 9.48 Å². The summed E-state index contributed by atoms with van der Waals surface area (Å²) in [5.74, 6) is 0.271. The number of amides is 1. The van der Waals surface area contributed by atoms with Gasteiger partial charge in [0.15, 0.2) is 5.82 Å². The molecule has 5 nitrogen and oxygen atoms in total. The molecule has 2 aromatic rings. The van der Waals surface area contributed by atoms with E-state index in [9.17, 15) is 4.79 Å². The van der Waals surface area contributed by atoms with Crippen LogP contribution in [0, 0.1) is 0 Å². The average Bonchev–Trinajstić information content (AvgIpc) is 2.75. The van der Waals surface area contributed by atoms with Gasteiger partial charge in [0.2, 0.25) is 0 Å². The topological polar surface area (TPSA) is 59.8 Å². The molecule has 0 spiro atoms. The second-order valence-corrected chi connectivity index (χ2v) is 4.60. The maximum absolute atomic E-state index is 11.9. The number of nitrogens with zero attached hydrogens (tertiary/aromatic N) is 3. The number of rotatable bonds is 3. The number of carbonyl (C=O) groups is 1. The third-order valence-electron chi connectivity index (χ3n) is 2.25. The number of carbonyl (C=O) groups excluding carboxylic acids is 1. The normalized spacial score (nSPS) is 10.4. The fourth-order valence-electron chi connectivity index (χ4n) is 1.41. The monoisotopic (exact) mass is 282 g/mol. The number of thiol groups is 1. The Hall–Kier alpha value is -1.53. The minimum Gasteiger partial charge on any atom is -0.345 e. The number of benzene rings is 1. The van der Waals surface area contributed by atoms with Gasteiger partial charge < -0.3 is 5.32 Å². The molecule has 0 saturated carbocycles. The number of nitrogens with one attached hydrogen (secondary N) is 1. The molecule has 0 aliphatic heterocycles. The zero-order valence-electron chi connectivity index (χ0n) is 9.59. The lowest BCUT2D eigenvalue weighted by Gasteiger charge is -2.05. The van der Waals surface area contributed by atoms with Crippen molar-refractivity contribution >= 4 is 30.1 Å². The molecular formula is C11H11ClN4OS. The van der Waals surface area contributed by atoms with Crippen molar-refractivity contribution in [1.29, 1.82) is 0 Å². The molecule has 18 heavy (non-hydrogen) atoms. The summed E-state index contributed by atoms with van der Waals surface area (Å²) < 4.78 is 1.57. The Morgan fingerprint density at radius 2 is 2.33 bits per heavy atom. The zero-order chi connectivity index (χ0) is 13.1. The molecule has 0 fully saturated rings. The van der Waals surface area contributed by atoms with E-state index in [0.29, 0.717) is 21.3 Å². The number of hydrogen-bond acceptors (Lipinski definition) is 4. The summed E-state index contributed by atoms with van der Waals surface area (Å²) >= 11 is 10.1. The van der Waals surface area contributed by atoms with Gasteiger partial charge in [0, 0.05) is 11.9 Å². The van der Waals surface area contributed by atoms with E-state index in [0.717, 1.165) is 0 Å². The molecule has 0 atom stereocenters. The predicted octanol–water partition coefficient (Wildman–Crippen LogP) is 1.69. The first-order chi connectivity index (χ1) is 8.56. The molecule has 0 saturated heterocycles. The molecule has 1 heterocycles. The summed E-state index contributed by atoms with van der Waals surface area (Å²) in [4.78, 5) is 16.6. The van der Waals surface area contributed by atoms with E-state index in [4.69, 9.17) is 11.6 Å². The van der Waals surface area contributed by atoms with Crippen LogP contribution in [0.3, 0.4) is 0 Å². The fourth-order valence-corrected chi connectivity index (χ4v) is 1.81. The van der Waals surface area contributed by atoms with Crippen LogP contribution in [0.1, 0.15) is 16.2 Å². The maximum atomic E-state index is 11.9. The van der Waals surface area contributed by atoms with Crippen LogP contribution >= 0.6 is 24.2 Å². The van der Waals surface area contributed by atoms with Crippen LogP contribution in [0.15, 0.2) is 29.4 Å². The lowest BCUT2D eigenvalue weighted by Crippen LogP contribution is -2.23. The van der Waals surface area contributed by atoms with Crippen molar-refractivity contribution in [3.63, 3.8) is 0 Å². The maximum Gasteiger partial charge on any atom is 0.253 e. The molecular weight excluding hydrogens is 272 g/mol. The van der Waals surface area contributed by atoms with Crippen LogP contribution in [0.5, 0.6) is 0 Å². The average molecular weight is 283 g/mol. The van der Waals surface area contributed by atoms with E-state index >= 15 is 0 Å². The Labute approximate surface area is 115 Å². The molecule has 1 amide bonds. The first-order valence-electron chi connectivity index (χ1n) is 5.17. The quantitative estimate of drug-likeness (QED) is 0.842. The number of aryl methyl sites for hydroxylation is 1. The van der Waals surface area contributed by atoms with Crippen LogP contribution in [0.2, 0.25) is 5.02 Å². The number of hydrogen-bond donors (Lipinski definition) is 2. The Balaban J connectivity index is 2.05. The fraction of sp³-hybridized carbons (Fsp3) is 0.182. The van der Waals surface area contributed by atoms with Crippen LogP contribution in [-0.4, -0.2) is 20.7 Å². The lowest BCUT2D eigenvalue weighted by molar-refractivity contribution is 0.0950. The highest BCUT2D eigenvalue weighted by molar-refractivity contribution is 7.80. The molecule has 1 N–H and O–H groups in total. The van der Waals surface area contributed by atoms with Crippen LogP contribution in [0.25, 0.3) is 0 Å². The first-order valence-corrected chi connectivity index (χ1v) is 6.00. The van der Waals surface area contributed by atoms with Gasteiger partial charge in [-0.1, -0.05) is 11.6 Å². The molecule has 2 rings (SSSR count). The summed E-state index contributed by atoms with van der Waals surface area (Å²) in [6.07, 6.45) is 1.57. The highest BCUT2D eigenvalue weighted by Gasteiger charge is 2.11. The summed E-state index contributed by atoms with van der Waals surface area (Å²) in [6, 6.07) is 4.98. The van der Waals surface area contributed by atoms with Crippen molar-refractivity contribution in [3.05, 3.63) is 40.9 Å². The van der Waals surface area contributed by atoms with Crippen LogP contribution in [-0.2, 0) is 13.6 Å². The van der Waals surface area contributed by atoms with Gasteiger partial charge in [0.25, 0.3) is 5.91 Å². The third-order valence-corrected chi connectivity index (χ3v) is 2.86. The first kappa shape index (κ1) is 12.9. The van der Waals surface area contributed by atoms with E-state index in [1.807, 2.05) is 0 Å². The second kappa shape index (κ2) is 5.41. The predicted molar refractivity (Wildman–Crippen MR) is 70.9 cm³/mol. The van der Waals surface area contributed by atoms with E-state index in [1.165, 1.54) is 0 Å². The Morgan fingerprint density at radius 3 is 3.00 bits per heavy atom. The largest absolute Gasteiger partial charge is 0.345 e. The smallest absolute Gasteiger partial charge is 0.253 e. The van der Waals surface area contributed by atoms with Crippen molar-refractivity contribution in [2.75, 3.05) is 0 Å². The molecule has 0 aliphatic carbocycles. The molecule has 0 aliphatic rings. The molecule has 0 unspecified atom stereocenters. The molecule has 0 radical (unpaired) electrons. The third kappa shape index (κ3) is 3.02. The van der Waals surface area contributed by atoms with E-state index in [-0.39, 0.29) is 12.5 Å². The molecule has 1 aromatic carbocycles. The molecule has 7 heteroatoms. The van der Waals surface area contributed by atoms with Gasteiger partial charge >= 0.3 is 0 Å². The molecule has 0 bridgehead atoms. The standard InChI is InChI=1S/C11H11ClN4OS/c1-16-6-14-10(15-16)5-13-11(17)8-4-7(18)2-3-9(8)12/h2-4,6,18H,5H2,1H3,(H,13,17). The zero-order valence-corrected chi connectivity index (χ0v) is 11.2. The number of halogens is 1. The van der Waals surface area contributed by atoms with Crippen molar-refractivity contribution in [2.45, 2.75) is 11.4 Å². The van der Waals surface area contributed by atoms with Gasteiger partial charge in [0.1, 0.15) is 6.33 Å².